The van der Waals surface area contributed by atoms with E-state index in [0.29, 0.717) is 6.61 Å². The predicted octanol–water partition coefficient (Wildman–Crippen LogP) is 1.80. The summed E-state index contributed by atoms with van der Waals surface area (Å²) in [5, 5.41) is 3.12. The topological polar surface area (TPSA) is 37.4 Å². The number of hydrogen-bond donors (Lipinski definition) is 1. The van der Waals surface area contributed by atoms with Gasteiger partial charge in [0.25, 0.3) is 0 Å². The number of nitrogens with zero attached hydrogens (tertiary/aromatic N) is 2. The molecule has 0 spiro atoms. The highest BCUT2D eigenvalue weighted by Crippen LogP contribution is 2.08. The van der Waals surface area contributed by atoms with Gasteiger partial charge in [0.15, 0.2) is 0 Å². The van der Waals surface area contributed by atoms with E-state index in [-0.39, 0.29) is 0 Å². The Bertz CT molecular complexity index is 347. The Morgan fingerprint density at radius 1 is 1.26 bits per heavy atom. The number of pyridine rings is 1. The highest BCUT2D eigenvalue weighted by atomic mass is 16.5. The zero-order valence-corrected chi connectivity index (χ0v) is 11.9. The lowest BCUT2D eigenvalue weighted by Crippen LogP contribution is -2.32. The maximum atomic E-state index is 5.70. The molecule has 0 radical (unpaired) electrons. The molecule has 2 heterocycles. The molecule has 1 aliphatic rings. The van der Waals surface area contributed by atoms with Gasteiger partial charge >= 0.3 is 0 Å². The Kier molecular flexibility index (Phi) is 6.27. The molecule has 4 nitrogen and oxygen atoms in total. The summed E-state index contributed by atoms with van der Waals surface area (Å²) in [5.74, 6) is 0. The fourth-order valence-corrected chi connectivity index (χ4v) is 2.40. The summed E-state index contributed by atoms with van der Waals surface area (Å²) in [5.41, 5.74) is 2.22. The maximum absolute atomic E-state index is 5.70. The molecule has 0 aromatic carbocycles. The molecule has 2 rings (SSSR count). The molecule has 1 N–H and O–H groups in total. The molecule has 1 aliphatic heterocycles. The zero-order valence-electron chi connectivity index (χ0n) is 11.9. The van der Waals surface area contributed by atoms with Crippen LogP contribution in [-0.2, 0) is 17.9 Å². The molecule has 0 unspecified atom stereocenters. The molecule has 4 heteroatoms. The number of piperidine rings is 1. The summed E-state index contributed by atoms with van der Waals surface area (Å²) in [6, 6.07) is 4.15. The van der Waals surface area contributed by atoms with Crippen molar-refractivity contribution in [3.63, 3.8) is 0 Å². The van der Waals surface area contributed by atoms with Crippen LogP contribution in [0.3, 0.4) is 0 Å². The van der Waals surface area contributed by atoms with Crippen LogP contribution in [0.1, 0.15) is 30.5 Å². The molecule has 0 atom stereocenters. The summed E-state index contributed by atoms with van der Waals surface area (Å²) >= 11 is 0. The second kappa shape index (κ2) is 8.25. The van der Waals surface area contributed by atoms with Crippen molar-refractivity contribution in [1.29, 1.82) is 0 Å². The van der Waals surface area contributed by atoms with Gasteiger partial charge < -0.3 is 15.0 Å². The van der Waals surface area contributed by atoms with Crippen molar-refractivity contribution in [2.24, 2.45) is 0 Å². The molecule has 1 saturated heterocycles. The Morgan fingerprint density at radius 2 is 2.11 bits per heavy atom. The van der Waals surface area contributed by atoms with Gasteiger partial charge in [-0.1, -0.05) is 12.5 Å². The van der Waals surface area contributed by atoms with Gasteiger partial charge in [0.05, 0.1) is 18.9 Å². The third kappa shape index (κ3) is 5.27. The number of nitrogens with one attached hydrogen (secondary N) is 1. The third-order valence-corrected chi connectivity index (χ3v) is 3.52. The number of likely N-dealkylation sites (tertiary alicyclic amines) is 1. The SMILES string of the molecule is CNCc1ccc(COCCN2CCCCC2)nc1. The standard InChI is InChI=1S/C15H25N3O/c1-16-11-14-5-6-15(17-12-14)13-19-10-9-18-7-3-2-4-8-18/h5-6,12,16H,2-4,7-11,13H2,1H3. The Morgan fingerprint density at radius 3 is 2.79 bits per heavy atom. The quantitative estimate of drug-likeness (QED) is 0.761. The van der Waals surface area contributed by atoms with Crippen LogP contribution < -0.4 is 5.32 Å². The molecule has 0 bridgehead atoms. The first-order valence-corrected chi connectivity index (χ1v) is 7.27. The smallest absolute Gasteiger partial charge is 0.0888 e. The molecule has 1 aromatic heterocycles. The summed E-state index contributed by atoms with van der Waals surface area (Å²) in [4.78, 5) is 6.90. The molecular weight excluding hydrogens is 238 g/mol. The first kappa shape index (κ1) is 14.4. The minimum absolute atomic E-state index is 0.619. The van der Waals surface area contributed by atoms with Gasteiger partial charge in [-0.25, -0.2) is 0 Å². The van der Waals surface area contributed by atoms with Crippen molar-refractivity contribution in [2.45, 2.75) is 32.4 Å². The van der Waals surface area contributed by atoms with E-state index < -0.39 is 0 Å². The largest absolute Gasteiger partial charge is 0.374 e. The van der Waals surface area contributed by atoms with Crippen LogP contribution in [0, 0.1) is 0 Å². The lowest BCUT2D eigenvalue weighted by Gasteiger charge is -2.26. The molecule has 19 heavy (non-hydrogen) atoms. The van der Waals surface area contributed by atoms with E-state index in [1.54, 1.807) is 0 Å². The Labute approximate surface area is 116 Å². The van der Waals surface area contributed by atoms with Crippen LogP contribution in [0.15, 0.2) is 18.3 Å². The molecule has 0 saturated carbocycles. The molecule has 0 aliphatic carbocycles. The average molecular weight is 263 g/mol. The average Bonchev–Trinajstić information content (AvgIpc) is 2.47. The Hall–Kier alpha value is -0.970. The van der Waals surface area contributed by atoms with Gasteiger partial charge in [-0.3, -0.25) is 4.98 Å². The zero-order chi connectivity index (χ0) is 13.3. The highest BCUT2D eigenvalue weighted by Gasteiger charge is 2.09. The number of hydrogen-bond acceptors (Lipinski definition) is 4. The van der Waals surface area contributed by atoms with E-state index >= 15 is 0 Å². The van der Waals surface area contributed by atoms with Crippen LogP contribution in [0.4, 0.5) is 0 Å². The summed E-state index contributed by atoms with van der Waals surface area (Å²) in [6.45, 7) is 5.81. The summed E-state index contributed by atoms with van der Waals surface area (Å²) in [7, 11) is 1.94. The minimum Gasteiger partial charge on any atom is -0.374 e. The molecule has 1 fully saturated rings. The molecule has 0 amide bonds. The Balaban J connectivity index is 1.62. The first-order valence-electron chi connectivity index (χ1n) is 7.27. The van der Waals surface area contributed by atoms with E-state index in [4.69, 9.17) is 4.74 Å². The van der Waals surface area contributed by atoms with Crippen molar-refractivity contribution in [2.75, 3.05) is 33.3 Å². The van der Waals surface area contributed by atoms with E-state index in [2.05, 4.69) is 21.3 Å². The highest BCUT2D eigenvalue weighted by molar-refractivity contribution is 5.13. The number of ether oxygens (including phenoxy) is 1. The molecule has 106 valence electrons. The van der Waals surface area contributed by atoms with Crippen LogP contribution in [-0.4, -0.2) is 43.2 Å². The van der Waals surface area contributed by atoms with Gasteiger partial charge in [0.1, 0.15) is 0 Å². The van der Waals surface area contributed by atoms with Crippen LogP contribution in [0.2, 0.25) is 0 Å². The van der Waals surface area contributed by atoms with E-state index in [0.717, 1.165) is 25.4 Å². The van der Waals surface area contributed by atoms with E-state index in [1.165, 1.54) is 37.9 Å². The van der Waals surface area contributed by atoms with Crippen LogP contribution >= 0.6 is 0 Å². The lowest BCUT2D eigenvalue weighted by atomic mass is 10.1. The van der Waals surface area contributed by atoms with Gasteiger partial charge in [-0.15, -0.1) is 0 Å². The monoisotopic (exact) mass is 263 g/mol. The van der Waals surface area contributed by atoms with Gasteiger partial charge in [-0.05, 0) is 44.6 Å². The van der Waals surface area contributed by atoms with Crippen LogP contribution in [0.25, 0.3) is 0 Å². The fourth-order valence-electron chi connectivity index (χ4n) is 2.40. The predicted molar refractivity (Wildman–Crippen MR) is 76.9 cm³/mol. The van der Waals surface area contributed by atoms with Crippen LogP contribution in [0.5, 0.6) is 0 Å². The van der Waals surface area contributed by atoms with Gasteiger partial charge in [0, 0.05) is 19.3 Å². The fraction of sp³-hybridized carbons (Fsp3) is 0.667. The lowest BCUT2D eigenvalue weighted by molar-refractivity contribution is 0.0845. The van der Waals surface area contributed by atoms with Gasteiger partial charge in [-0.2, -0.15) is 0 Å². The molecule has 1 aromatic rings. The van der Waals surface area contributed by atoms with Crippen molar-refractivity contribution < 1.29 is 4.74 Å². The van der Waals surface area contributed by atoms with E-state index in [9.17, 15) is 0 Å². The summed E-state index contributed by atoms with van der Waals surface area (Å²) in [6.07, 6.45) is 5.99. The van der Waals surface area contributed by atoms with Gasteiger partial charge in [0.2, 0.25) is 0 Å². The normalized spacial score (nSPS) is 16.7. The molecular formula is C15H25N3O. The number of rotatable bonds is 7. The first-order chi connectivity index (χ1) is 9.38. The summed E-state index contributed by atoms with van der Waals surface area (Å²) < 4.78 is 5.70. The van der Waals surface area contributed by atoms with E-state index in [1.807, 2.05) is 19.3 Å². The third-order valence-electron chi connectivity index (χ3n) is 3.52. The van der Waals surface area contributed by atoms with Crippen molar-refractivity contribution in [3.05, 3.63) is 29.6 Å². The minimum atomic E-state index is 0.619. The number of aromatic nitrogens is 1. The maximum Gasteiger partial charge on any atom is 0.0888 e. The van der Waals surface area contributed by atoms with Crippen molar-refractivity contribution in [3.8, 4) is 0 Å². The van der Waals surface area contributed by atoms with Crippen molar-refractivity contribution >= 4 is 0 Å². The van der Waals surface area contributed by atoms with Crippen molar-refractivity contribution in [1.82, 2.24) is 15.2 Å². The second-order valence-corrected chi connectivity index (χ2v) is 5.14. The second-order valence-electron chi connectivity index (χ2n) is 5.14.